The van der Waals surface area contributed by atoms with Crippen molar-refractivity contribution in [2.45, 2.75) is 117 Å². The number of aliphatic hydroxyl groups is 2. The van der Waals surface area contributed by atoms with Gasteiger partial charge >= 0.3 is 0 Å². The molecule has 0 amide bonds. The van der Waals surface area contributed by atoms with Crippen LogP contribution in [0.2, 0.25) is 0 Å². The molecule has 0 bridgehead atoms. The molecule has 2 heteroatoms. The first-order chi connectivity index (χ1) is 13.6. The van der Waals surface area contributed by atoms with Gasteiger partial charge in [0.25, 0.3) is 0 Å². The van der Waals surface area contributed by atoms with Crippen LogP contribution in [-0.2, 0) is 0 Å². The average molecular weight is 403 g/mol. The Morgan fingerprint density at radius 3 is 2.45 bits per heavy atom. The van der Waals surface area contributed by atoms with E-state index >= 15 is 0 Å². The first kappa shape index (κ1) is 21.9. The Labute approximate surface area is 179 Å². The van der Waals surface area contributed by atoms with Crippen molar-refractivity contribution in [2.75, 3.05) is 0 Å². The number of aliphatic hydroxyl groups excluding tert-OH is 1. The fraction of sp³-hybridized carbons (Fsp3) is 0.926. The second-order valence-electron chi connectivity index (χ2n) is 12.3. The number of allylic oxidation sites excluding steroid dienone is 1. The zero-order valence-corrected chi connectivity index (χ0v) is 19.7. The first-order valence-electron chi connectivity index (χ1n) is 12.7. The molecule has 29 heavy (non-hydrogen) atoms. The molecule has 0 aromatic carbocycles. The maximum Gasteiger partial charge on any atom is 0.0729 e. The predicted octanol–water partition coefficient (Wildman–Crippen LogP) is 6.50. The van der Waals surface area contributed by atoms with Gasteiger partial charge in [0.15, 0.2) is 0 Å². The highest BCUT2D eigenvalue weighted by Gasteiger charge is 2.64. The minimum absolute atomic E-state index is 0.0846. The maximum atomic E-state index is 12.1. The van der Waals surface area contributed by atoms with Crippen LogP contribution in [0.4, 0.5) is 0 Å². The van der Waals surface area contributed by atoms with Gasteiger partial charge in [-0.2, -0.15) is 0 Å². The first-order valence-corrected chi connectivity index (χ1v) is 12.7. The fourth-order valence-corrected chi connectivity index (χ4v) is 8.57. The topological polar surface area (TPSA) is 40.5 Å². The molecule has 0 aromatic rings. The molecule has 2 N–H and O–H groups in total. The quantitative estimate of drug-likeness (QED) is 0.515. The molecule has 2 nitrogen and oxygen atoms in total. The molecule has 3 fully saturated rings. The van der Waals surface area contributed by atoms with Gasteiger partial charge in [-0.15, -0.1) is 0 Å². The van der Waals surface area contributed by atoms with Crippen LogP contribution in [-0.4, -0.2) is 21.9 Å². The molecule has 0 heterocycles. The standard InChI is InChI=1S/C27H46O2/c1-18(2)7-6-8-19(3)27(29)16-13-24-22-10-9-20-17-21(28)11-14-25(20,4)23(22)12-15-26(24,27)5/h9,18-19,21-24,28-29H,6-8,10-17H2,1-5H3/t19?,21-,22+,23-,24-,25-,26-,27-/m0/s1. The van der Waals surface area contributed by atoms with Crippen LogP contribution in [0.1, 0.15) is 105 Å². The van der Waals surface area contributed by atoms with E-state index in [2.05, 4.69) is 40.7 Å². The molecular formula is C27H46O2. The Bertz CT molecular complexity index is 638. The Hall–Kier alpha value is -0.340. The third kappa shape index (κ3) is 3.36. The monoisotopic (exact) mass is 402 g/mol. The lowest BCUT2D eigenvalue weighted by atomic mass is 9.46. The minimum Gasteiger partial charge on any atom is -0.393 e. The van der Waals surface area contributed by atoms with Crippen molar-refractivity contribution >= 4 is 0 Å². The Morgan fingerprint density at radius 2 is 1.72 bits per heavy atom. The third-order valence-electron chi connectivity index (χ3n) is 10.5. The molecule has 4 aliphatic rings. The van der Waals surface area contributed by atoms with Crippen LogP contribution in [0, 0.1) is 40.4 Å². The summed E-state index contributed by atoms with van der Waals surface area (Å²) in [6.07, 6.45) is 15.0. The van der Waals surface area contributed by atoms with Crippen molar-refractivity contribution in [1.82, 2.24) is 0 Å². The highest BCUT2D eigenvalue weighted by atomic mass is 16.3. The third-order valence-corrected chi connectivity index (χ3v) is 10.5. The second-order valence-corrected chi connectivity index (χ2v) is 12.3. The van der Waals surface area contributed by atoms with E-state index in [1.54, 1.807) is 5.57 Å². The summed E-state index contributed by atoms with van der Waals surface area (Å²) in [5.41, 5.74) is 1.46. The summed E-state index contributed by atoms with van der Waals surface area (Å²) in [7, 11) is 0. The van der Waals surface area contributed by atoms with Gasteiger partial charge in [-0.1, -0.05) is 59.1 Å². The molecule has 166 valence electrons. The molecule has 3 saturated carbocycles. The molecule has 0 aromatic heterocycles. The zero-order valence-electron chi connectivity index (χ0n) is 19.7. The maximum absolute atomic E-state index is 12.1. The summed E-state index contributed by atoms with van der Waals surface area (Å²) in [4.78, 5) is 0. The molecule has 0 radical (unpaired) electrons. The molecule has 4 rings (SSSR count). The average Bonchev–Trinajstić information content (AvgIpc) is 2.94. The van der Waals surface area contributed by atoms with Gasteiger partial charge in [0, 0.05) is 0 Å². The number of fused-ring (bicyclic) bond motifs is 5. The lowest BCUT2D eigenvalue weighted by Crippen LogP contribution is -2.56. The molecule has 0 saturated heterocycles. The molecule has 8 atom stereocenters. The van der Waals surface area contributed by atoms with E-state index in [0.717, 1.165) is 43.4 Å². The molecule has 1 unspecified atom stereocenters. The van der Waals surface area contributed by atoms with Crippen LogP contribution >= 0.6 is 0 Å². The Balaban J connectivity index is 1.54. The lowest BCUT2D eigenvalue weighted by molar-refractivity contribution is -0.150. The zero-order chi connectivity index (χ0) is 21.0. The van der Waals surface area contributed by atoms with Crippen molar-refractivity contribution in [3.05, 3.63) is 11.6 Å². The van der Waals surface area contributed by atoms with Crippen LogP contribution < -0.4 is 0 Å². The summed E-state index contributed by atoms with van der Waals surface area (Å²) in [5, 5.41) is 22.3. The van der Waals surface area contributed by atoms with E-state index in [9.17, 15) is 10.2 Å². The molecule has 0 aliphatic heterocycles. The summed E-state index contributed by atoms with van der Waals surface area (Å²) >= 11 is 0. The van der Waals surface area contributed by atoms with Crippen molar-refractivity contribution in [3.8, 4) is 0 Å². The van der Waals surface area contributed by atoms with E-state index in [4.69, 9.17) is 0 Å². The Kier molecular flexibility index (Phi) is 5.78. The van der Waals surface area contributed by atoms with E-state index in [-0.39, 0.29) is 11.5 Å². The summed E-state index contributed by atoms with van der Waals surface area (Å²) < 4.78 is 0. The largest absolute Gasteiger partial charge is 0.393 e. The number of hydrogen-bond acceptors (Lipinski definition) is 2. The van der Waals surface area contributed by atoms with Crippen molar-refractivity contribution in [2.24, 2.45) is 40.4 Å². The van der Waals surface area contributed by atoms with Gasteiger partial charge in [-0.05, 0) is 98.2 Å². The molecular weight excluding hydrogens is 356 g/mol. The molecule has 4 aliphatic carbocycles. The predicted molar refractivity (Wildman–Crippen MR) is 121 cm³/mol. The number of rotatable bonds is 5. The van der Waals surface area contributed by atoms with Gasteiger partial charge in [-0.3, -0.25) is 0 Å². The summed E-state index contributed by atoms with van der Waals surface area (Å²) in [5.74, 6) is 3.32. The Morgan fingerprint density at radius 1 is 1.00 bits per heavy atom. The van der Waals surface area contributed by atoms with Crippen LogP contribution in [0.5, 0.6) is 0 Å². The van der Waals surface area contributed by atoms with Crippen LogP contribution in [0.25, 0.3) is 0 Å². The van der Waals surface area contributed by atoms with Gasteiger partial charge < -0.3 is 10.2 Å². The normalized spacial score (nSPS) is 47.9. The van der Waals surface area contributed by atoms with Crippen molar-refractivity contribution in [3.63, 3.8) is 0 Å². The van der Waals surface area contributed by atoms with Gasteiger partial charge in [-0.25, -0.2) is 0 Å². The van der Waals surface area contributed by atoms with E-state index in [1.807, 2.05) is 0 Å². The SMILES string of the molecule is CC(C)CCCC(C)[C@@]1(O)CC[C@H]2[C@@H]3CC=C4C[C@@H](O)CC[C@]4(C)[C@H]3CC[C@@]21C. The highest BCUT2D eigenvalue weighted by Crippen LogP contribution is 2.68. The summed E-state index contributed by atoms with van der Waals surface area (Å²) in [6, 6.07) is 0. The van der Waals surface area contributed by atoms with Crippen LogP contribution in [0.3, 0.4) is 0 Å². The molecule has 0 spiro atoms. The van der Waals surface area contributed by atoms with Gasteiger partial charge in [0.2, 0.25) is 0 Å². The lowest BCUT2D eigenvalue weighted by Gasteiger charge is -2.59. The van der Waals surface area contributed by atoms with Crippen molar-refractivity contribution < 1.29 is 10.2 Å². The second kappa shape index (κ2) is 7.66. The fourth-order valence-electron chi connectivity index (χ4n) is 8.57. The van der Waals surface area contributed by atoms with Gasteiger partial charge in [0.05, 0.1) is 11.7 Å². The van der Waals surface area contributed by atoms with E-state index in [1.165, 1.54) is 44.9 Å². The van der Waals surface area contributed by atoms with Crippen LogP contribution in [0.15, 0.2) is 11.6 Å². The smallest absolute Gasteiger partial charge is 0.0729 e. The highest BCUT2D eigenvalue weighted by molar-refractivity contribution is 5.26. The van der Waals surface area contributed by atoms with E-state index < -0.39 is 5.60 Å². The minimum atomic E-state index is -0.479. The number of hydrogen-bond donors (Lipinski definition) is 2. The van der Waals surface area contributed by atoms with E-state index in [0.29, 0.717) is 17.3 Å². The van der Waals surface area contributed by atoms with Crippen molar-refractivity contribution in [1.29, 1.82) is 0 Å². The summed E-state index contributed by atoms with van der Waals surface area (Å²) in [6.45, 7) is 11.9. The van der Waals surface area contributed by atoms with Gasteiger partial charge in [0.1, 0.15) is 0 Å².